The molecule has 2 N–H and O–H groups in total. The number of hydrogen-bond donors (Lipinski definition) is 1. The van der Waals surface area contributed by atoms with Gasteiger partial charge in [0, 0.05) is 25.5 Å². The van der Waals surface area contributed by atoms with Crippen LogP contribution in [0.1, 0.15) is 38.2 Å². The van der Waals surface area contributed by atoms with Crippen LogP contribution in [0, 0.1) is 23.2 Å². The fourth-order valence-corrected chi connectivity index (χ4v) is 4.62. The molecule has 0 radical (unpaired) electrons. The van der Waals surface area contributed by atoms with E-state index in [2.05, 4.69) is 27.9 Å². The summed E-state index contributed by atoms with van der Waals surface area (Å²) in [5, 5.41) is 14.4. The molecule has 0 unspecified atom stereocenters. The molecule has 1 aromatic carbocycles. The first-order chi connectivity index (χ1) is 12.9. The lowest BCUT2D eigenvalue weighted by Gasteiger charge is -2.38. The molecule has 0 aliphatic carbocycles. The van der Waals surface area contributed by atoms with E-state index in [1.165, 1.54) is 0 Å². The van der Waals surface area contributed by atoms with E-state index in [9.17, 15) is 13.7 Å². The van der Waals surface area contributed by atoms with Gasteiger partial charge in [0.1, 0.15) is 17.1 Å². The maximum atomic E-state index is 11.1. The highest BCUT2D eigenvalue weighted by Gasteiger charge is 2.26. The van der Waals surface area contributed by atoms with Crippen LogP contribution >= 0.6 is 0 Å². The molecule has 2 heterocycles. The summed E-state index contributed by atoms with van der Waals surface area (Å²) < 4.78 is 22.2. The molecule has 2 atom stereocenters. The second-order valence-corrected chi connectivity index (χ2v) is 9.21. The number of benzene rings is 1. The topological polar surface area (TPSA) is 113 Å². The van der Waals surface area contributed by atoms with Crippen LogP contribution in [0.3, 0.4) is 0 Å². The fourth-order valence-electron chi connectivity index (χ4n) is 4.01. The van der Waals surface area contributed by atoms with Gasteiger partial charge in [-0.2, -0.15) is 5.26 Å². The number of piperidine rings is 1. The Balaban J connectivity index is 1.75. The Morgan fingerprint density at radius 3 is 2.67 bits per heavy atom. The molecule has 1 fully saturated rings. The summed E-state index contributed by atoms with van der Waals surface area (Å²) in [6, 6.07) is 5.96. The lowest BCUT2D eigenvalue weighted by Crippen LogP contribution is -2.40. The highest BCUT2D eigenvalue weighted by atomic mass is 32.2. The summed E-state index contributed by atoms with van der Waals surface area (Å²) in [5.74, 6) is 1.08. The minimum absolute atomic E-state index is 0.0504. The predicted molar refractivity (Wildman–Crippen MR) is 106 cm³/mol. The van der Waals surface area contributed by atoms with Crippen molar-refractivity contribution < 1.29 is 8.42 Å². The van der Waals surface area contributed by atoms with Crippen LogP contribution in [0.5, 0.6) is 0 Å². The number of unbranched alkanes of at least 4 members (excludes halogenated alkanes) is 1. The number of nitrogens with zero attached hydrogens (tertiary/aromatic N) is 4. The van der Waals surface area contributed by atoms with Crippen LogP contribution in [-0.2, 0) is 10.0 Å². The maximum absolute atomic E-state index is 11.1. The molecule has 8 heteroatoms. The number of rotatable bonds is 6. The Kier molecular flexibility index (Phi) is 5.92. The second kappa shape index (κ2) is 8.19. The number of anilines is 1. The first-order valence-electron chi connectivity index (χ1n) is 9.26. The van der Waals surface area contributed by atoms with Gasteiger partial charge >= 0.3 is 0 Å². The number of aromatic nitrogens is 2. The van der Waals surface area contributed by atoms with Crippen LogP contribution in [0.2, 0.25) is 0 Å². The molecule has 2 aromatic rings. The second-order valence-electron chi connectivity index (χ2n) is 7.47. The first-order valence-corrected chi connectivity index (χ1v) is 11.0. The van der Waals surface area contributed by atoms with Crippen molar-refractivity contribution in [2.45, 2.75) is 32.6 Å². The van der Waals surface area contributed by atoms with Crippen LogP contribution in [-0.4, -0.2) is 37.2 Å². The minimum atomic E-state index is -3.37. The Morgan fingerprint density at radius 2 is 1.96 bits per heavy atom. The molecule has 0 spiro atoms. The van der Waals surface area contributed by atoms with Crippen molar-refractivity contribution in [3.05, 3.63) is 30.1 Å². The maximum Gasteiger partial charge on any atom is 0.209 e. The molecule has 7 nitrogen and oxygen atoms in total. The van der Waals surface area contributed by atoms with Gasteiger partial charge in [-0.25, -0.2) is 13.6 Å². The summed E-state index contributed by atoms with van der Waals surface area (Å²) in [6.45, 7) is 4.07. The zero-order valence-electron chi connectivity index (χ0n) is 15.5. The molecule has 0 bridgehead atoms. The van der Waals surface area contributed by atoms with Crippen molar-refractivity contribution in [1.29, 1.82) is 5.26 Å². The van der Waals surface area contributed by atoms with Crippen molar-refractivity contribution in [1.82, 2.24) is 9.97 Å². The largest absolute Gasteiger partial charge is 0.369 e. The molecule has 144 valence electrons. The van der Waals surface area contributed by atoms with Gasteiger partial charge in [0.15, 0.2) is 0 Å². The van der Waals surface area contributed by atoms with Crippen molar-refractivity contribution in [3.8, 4) is 6.07 Å². The fraction of sp³-hybridized carbons (Fsp3) is 0.526. The number of sulfonamides is 1. The summed E-state index contributed by atoms with van der Waals surface area (Å²) in [5.41, 5.74) is 2.95. The smallest absolute Gasteiger partial charge is 0.209 e. The third kappa shape index (κ3) is 4.93. The Bertz CT molecular complexity index is 954. The monoisotopic (exact) mass is 387 g/mol. The SMILES string of the molecule is C[C@H]1C[C@@H](CCCCS(N)(=O)=O)CN(c2ccc(C#N)c3nccnc23)C1. The van der Waals surface area contributed by atoms with Gasteiger partial charge in [-0.15, -0.1) is 0 Å². The molecule has 0 saturated carbocycles. The van der Waals surface area contributed by atoms with Crippen LogP contribution in [0.25, 0.3) is 11.0 Å². The molecule has 3 rings (SSSR count). The number of primary sulfonamides is 1. The lowest BCUT2D eigenvalue weighted by atomic mass is 9.86. The molecular weight excluding hydrogens is 362 g/mol. The highest BCUT2D eigenvalue weighted by Crippen LogP contribution is 2.33. The number of nitriles is 1. The number of nitrogens with two attached hydrogens (primary N) is 1. The first kappa shape index (κ1) is 19.5. The van der Waals surface area contributed by atoms with Crippen LogP contribution in [0.15, 0.2) is 24.5 Å². The molecule has 1 saturated heterocycles. The van der Waals surface area contributed by atoms with Gasteiger partial charge in [-0.05, 0) is 43.2 Å². The molecule has 1 aliphatic rings. The lowest BCUT2D eigenvalue weighted by molar-refractivity contribution is 0.315. The van der Waals surface area contributed by atoms with Crippen molar-refractivity contribution in [2.75, 3.05) is 23.7 Å². The van der Waals surface area contributed by atoms with Crippen molar-refractivity contribution >= 4 is 26.7 Å². The molecule has 27 heavy (non-hydrogen) atoms. The third-order valence-corrected chi connectivity index (χ3v) is 5.96. The predicted octanol–water partition coefficient (Wildman–Crippen LogP) is 2.42. The summed E-state index contributed by atoms with van der Waals surface area (Å²) in [7, 11) is -3.37. The van der Waals surface area contributed by atoms with Crippen LogP contribution < -0.4 is 10.0 Å². The van der Waals surface area contributed by atoms with Gasteiger partial charge < -0.3 is 4.90 Å². The van der Waals surface area contributed by atoms with Crippen LogP contribution in [0.4, 0.5) is 5.69 Å². The summed E-state index contributed by atoms with van der Waals surface area (Å²) >= 11 is 0. The van der Waals surface area contributed by atoms with Crippen molar-refractivity contribution in [2.24, 2.45) is 17.0 Å². The molecule has 0 amide bonds. The van der Waals surface area contributed by atoms with E-state index in [4.69, 9.17) is 5.14 Å². The summed E-state index contributed by atoms with van der Waals surface area (Å²) in [4.78, 5) is 11.2. The van der Waals surface area contributed by atoms with Gasteiger partial charge in [-0.3, -0.25) is 9.97 Å². The average molecular weight is 388 g/mol. The van der Waals surface area contributed by atoms with E-state index in [0.29, 0.717) is 29.3 Å². The van der Waals surface area contributed by atoms with E-state index in [0.717, 1.165) is 43.6 Å². The number of hydrogen-bond acceptors (Lipinski definition) is 6. The van der Waals surface area contributed by atoms with E-state index in [1.54, 1.807) is 12.4 Å². The standard InChI is InChI=1S/C19H25N5O2S/c1-14-10-15(4-2-3-9-27(21,25)26)13-24(12-14)17-6-5-16(11-20)18-19(17)23-8-7-22-18/h5-8,14-15H,2-4,9-10,12-13H2,1H3,(H2,21,25,26)/t14-,15+/m0/s1. The quantitative estimate of drug-likeness (QED) is 0.762. The Hall–Kier alpha value is -2.24. The minimum Gasteiger partial charge on any atom is -0.369 e. The Morgan fingerprint density at radius 1 is 1.22 bits per heavy atom. The third-order valence-electron chi connectivity index (χ3n) is 5.10. The van der Waals surface area contributed by atoms with Gasteiger partial charge in [0.2, 0.25) is 10.0 Å². The zero-order valence-corrected chi connectivity index (χ0v) is 16.3. The van der Waals surface area contributed by atoms with E-state index < -0.39 is 10.0 Å². The molecule has 1 aliphatic heterocycles. The average Bonchev–Trinajstić information content (AvgIpc) is 2.63. The highest BCUT2D eigenvalue weighted by molar-refractivity contribution is 7.89. The normalized spacial score (nSPS) is 20.6. The van der Waals surface area contributed by atoms with Crippen molar-refractivity contribution in [3.63, 3.8) is 0 Å². The van der Waals surface area contributed by atoms with Gasteiger partial charge in [0.05, 0.1) is 17.0 Å². The molecular formula is C19H25N5O2S. The Labute approximate surface area is 160 Å². The number of fused-ring (bicyclic) bond motifs is 1. The zero-order chi connectivity index (χ0) is 19.4. The van der Waals surface area contributed by atoms with E-state index in [-0.39, 0.29) is 5.75 Å². The molecule has 1 aromatic heterocycles. The van der Waals surface area contributed by atoms with E-state index >= 15 is 0 Å². The van der Waals surface area contributed by atoms with Gasteiger partial charge in [-0.1, -0.05) is 13.3 Å². The van der Waals surface area contributed by atoms with E-state index in [1.807, 2.05) is 12.1 Å². The van der Waals surface area contributed by atoms with Gasteiger partial charge in [0.25, 0.3) is 0 Å². The summed E-state index contributed by atoms with van der Waals surface area (Å²) in [6.07, 6.45) is 6.85.